The fourth-order valence-corrected chi connectivity index (χ4v) is 8.22. The van der Waals surface area contributed by atoms with E-state index < -0.39 is 120 Å². The fraction of sp³-hybridized carbons (Fsp3) is 0.479. The standard InChI is InChI=1S/C48H69F2N17O9/c1-25(68)61-33(10-5-17-58-47(53)54)41(71)64-35-12-13-39(69)57-16-4-9-32(40(52)70)62-46(76)38(22-27-24-60-31-8-3-2-7-30(27)31)67-42(72)34(11-6-18-59-48(55)56)63-45(75)37(21-26-19-28(49)23-29(50)20-26)66-44(74)36(14-15-51)65-43(35)73/h2-3,7-8,19-20,23-24,32-38,60H,4-6,9-18,21-22,51H2,1H3,(H2,52,70)(H,57,69)(H,61,68)(H,62,76)(H,63,75)(H,64,71)(H,65,73)(H,66,74)(H,67,72)(H4,53,54,58)(H4,55,56,59)/t32-,33-,34-,35-,36-,37+,38-/m0/s1. The molecule has 76 heavy (non-hydrogen) atoms. The molecule has 1 fully saturated rings. The minimum absolute atomic E-state index is 0.00414. The Balaban J connectivity index is 1.79. The normalized spacial score (nSPS) is 21.0. The molecule has 0 saturated carbocycles. The van der Waals surface area contributed by atoms with Crippen molar-refractivity contribution < 1.29 is 51.9 Å². The number of carbonyl (C=O) groups is 9. The van der Waals surface area contributed by atoms with E-state index in [1.54, 1.807) is 30.5 Å². The third-order valence-electron chi connectivity index (χ3n) is 12.0. The number of nitrogens with two attached hydrogens (primary N) is 6. The molecule has 1 aromatic heterocycles. The number of hydrogen-bond donors (Lipinski definition) is 15. The maximum absolute atomic E-state index is 14.6. The van der Waals surface area contributed by atoms with E-state index in [-0.39, 0.29) is 101 Å². The first-order valence-electron chi connectivity index (χ1n) is 24.6. The maximum atomic E-state index is 14.6. The van der Waals surface area contributed by atoms with E-state index in [4.69, 9.17) is 34.4 Å². The van der Waals surface area contributed by atoms with Gasteiger partial charge in [0.15, 0.2) is 11.9 Å². The Morgan fingerprint density at radius 1 is 0.724 bits per heavy atom. The Bertz CT molecular complexity index is 2590. The van der Waals surface area contributed by atoms with Crippen LogP contribution in [0.25, 0.3) is 10.9 Å². The van der Waals surface area contributed by atoms with Crippen LogP contribution in [0.1, 0.15) is 75.8 Å². The minimum atomic E-state index is -1.74. The van der Waals surface area contributed by atoms with Crippen LogP contribution in [-0.4, -0.2) is 139 Å². The molecule has 1 aliphatic heterocycles. The van der Waals surface area contributed by atoms with Crippen LogP contribution < -0.4 is 76.9 Å². The summed E-state index contributed by atoms with van der Waals surface area (Å²) in [6.07, 6.45) is -0.0519. The van der Waals surface area contributed by atoms with Crippen LogP contribution >= 0.6 is 0 Å². The largest absolute Gasteiger partial charge is 0.370 e. The highest BCUT2D eigenvalue weighted by Crippen LogP contribution is 2.20. The highest BCUT2D eigenvalue weighted by atomic mass is 19.1. The molecular formula is C48H69F2N17O9. The summed E-state index contributed by atoms with van der Waals surface area (Å²) in [5, 5.41) is 21.3. The SMILES string of the molecule is CC(=O)N[C@@H](CCCN=C(N)N)C(=O)N[C@H]1CCC(=O)NCCC[C@@H](C(N)=O)NC(=O)[C@H](Cc2c[nH]c3ccccc23)NC(=O)[C@H](CCCN=C(N)N)NC(=O)[C@@H](Cc2cc(F)cc(F)c2)NC(=O)[C@H](CCN)NC1=O. The number of rotatable bonds is 18. The van der Waals surface area contributed by atoms with Gasteiger partial charge in [-0.2, -0.15) is 0 Å². The summed E-state index contributed by atoms with van der Waals surface area (Å²) in [6.45, 7) is 0.942. The van der Waals surface area contributed by atoms with Gasteiger partial charge in [-0.15, -0.1) is 0 Å². The Morgan fingerprint density at radius 2 is 1.30 bits per heavy atom. The first-order valence-corrected chi connectivity index (χ1v) is 24.6. The molecule has 0 spiro atoms. The van der Waals surface area contributed by atoms with Gasteiger partial charge in [0.1, 0.15) is 53.9 Å². The van der Waals surface area contributed by atoms with Crippen molar-refractivity contribution >= 4 is 76.0 Å². The average molecular weight is 1070 g/mol. The fourth-order valence-electron chi connectivity index (χ4n) is 8.22. The number of aliphatic imine (C=N–C) groups is 2. The number of hydrogen-bond acceptors (Lipinski definition) is 12. The molecule has 21 N–H and O–H groups in total. The molecule has 0 aliphatic carbocycles. The molecule has 2 aromatic carbocycles. The molecule has 9 amide bonds. The van der Waals surface area contributed by atoms with E-state index in [9.17, 15) is 51.9 Å². The van der Waals surface area contributed by atoms with Crippen molar-refractivity contribution in [3.8, 4) is 0 Å². The van der Waals surface area contributed by atoms with Crippen molar-refractivity contribution in [1.82, 2.24) is 47.5 Å². The van der Waals surface area contributed by atoms with E-state index in [2.05, 4.69) is 57.5 Å². The number of para-hydroxylation sites is 1. The van der Waals surface area contributed by atoms with Crippen molar-refractivity contribution in [2.45, 2.75) is 120 Å². The summed E-state index contributed by atoms with van der Waals surface area (Å²) in [6, 6.07) is -0.775. The second kappa shape index (κ2) is 30.1. The molecule has 2 heterocycles. The van der Waals surface area contributed by atoms with E-state index >= 15 is 0 Å². The van der Waals surface area contributed by atoms with E-state index in [0.717, 1.165) is 12.1 Å². The smallest absolute Gasteiger partial charge is 0.243 e. The number of nitrogens with zero attached hydrogens (tertiary/aromatic N) is 2. The van der Waals surface area contributed by atoms with Crippen molar-refractivity contribution in [2.24, 2.45) is 44.4 Å². The number of aromatic nitrogens is 1. The average Bonchev–Trinajstić information content (AvgIpc) is 3.76. The zero-order chi connectivity index (χ0) is 55.9. The van der Waals surface area contributed by atoms with Gasteiger partial charge < -0.3 is 81.9 Å². The Kier molecular flexibility index (Phi) is 23.8. The molecule has 28 heteroatoms. The molecule has 1 saturated heterocycles. The molecule has 414 valence electrons. The second-order valence-electron chi connectivity index (χ2n) is 18.1. The van der Waals surface area contributed by atoms with Crippen molar-refractivity contribution in [2.75, 3.05) is 26.2 Å². The molecule has 7 atom stereocenters. The third-order valence-corrected chi connectivity index (χ3v) is 12.0. The highest BCUT2D eigenvalue weighted by molar-refractivity contribution is 5.98. The predicted octanol–water partition coefficient (Wildman–Crippen LogP) is -3.72. The van der Waals surface area contributed by atoms with Gasteiger partial charge in [-0.1, -0.05) is 18.2 Å². The molecule has 0 bridgehead atoms. The zero-order valence-electron chi connectivity index (χ0n) is 42.1. The highest BCUT2D eigenvalue weighted by Gasteiger charge is 2.35. The number of H-pyrrole nitrogens is 1. The maximum Gasteiger partial charge on any atom is 0.243 e. The minimum Gasteiger partial charge on any atom is -0.370 e. The van der Waals surface area contributed by atoms with Crippen LogP contribution in [0.5, 0.6) is 0 Å². The first kappa shape index (κ1) is 60.1. The van der Waals surface area contributed by atoms with Gasteiger partial charge in [0.2, 0.25) is 53.2 Å². The van der Waals surface area contributed by atoms with Crippen molar-refractivity contribution in [3.63, 3.8) is 0 Å². The number of nitrogens with one attached hydrogen (secondary N) is 9. The lowest BCUT2D eigenvalue weighted by atomic mass is 10.0. The van der Waals surface area contributed by atoms with Crippen LogP contribution in [0.2, 0.25) is 0 Å². The van der Waals surface area contributed by atoms with Gasteiger partial charge in [0, 0.05) is 69.0 Å². The monoisotopic (exact) mass is 1070 g/mol. The molecule has 3 aromatic rings. The van der Waals surface area contributed by atoms with Crippen LogP contribution in [0.4, 0.5) is 8.78 Å². The summed E-state index contributed by atoms with van der Waals surface area (Å²) in [4.78, 5) is 135. The van der Waals surface area contributed by atoms with Gasteiger partial charge in [0.05, 0.1) is 0 Å². The molecular weight excluding hydrogens is 997 g/mol. The molecule has 26 nitrogen and oxygen atoms in total. The topological polar surface area (TPSA) is 446 Å². The number of halogens is 2. The summed E-state index contributed by atoms with van der Waals surface area (Å²) in [7, 11) is 0. The molecule has 0 unspecified atom stereocenters. The van der Waals surface area contributed by atoms with Gasteiger partial charge in [-0.25, -0.2) is 8.78 Å². The van der Waals surface area contributed by atoms with E-state index in [1.807, 2.05) is 0 Å². The van der Waals surface area contributed by atoms with Gasteiger partial charge in [0.25, 0.3) is 0 Å². The predicted molar refractivity (Wildman–Crippen MR) is 275 cm³/mol. The van der Waals surface area contributed by atoms with Crippen LogP contribution in [0, 0.1) is 11.6 Å². The number of fused-ring (bicyclic) bond motifs is 1. The number of primary amides is 1. The molecule has 1 aliphatic rings. The van der Waals surface area contributed by atoms with Crippen LogP contribution in [0.3, 0.4) is 0 Å². The van der Waals surface area contributed by atoms with E-state index in [1.165, 1.54) is 6.92 Å². The van der Waals surface area contributed by atoms with Crippen molar-refractivity contribution in [1.29, 1.82) is 0 Å². The molecule has 4 rings (SSSR count). The lowest BCUT2D eigenvalue weighted by molar-refractivity contribution is -0.136. The number of amides is 9. The van der Waals surface area contributed by atoms with Gasteiger partial charge in [-0.3, -0.25) is 53.1 Å². The lowest BCUT2D eigenvalue weighted by Crippen LogP contribution is -2.60. The first-order chi connectivity index (χ1) is 36.1. The van der Waals surface area contributed by atoms with Gasteiger partial charge >= 0.3 is 0 Å². The second-order valence-corrected chi connectivity index (χ2v) is 18.1. The van der Waals surface area contributed by atoms with E-state index in [0.29, 0.717) is 22.5 Å². The summed E-state index contributed by atoms with van der Waals surface area (Å²) >= 11 is 0. The van der Waals surface area contributed by atoms with Crippen molar-refractivity contribution in [3.05, 3.63) is 71.4 Å². The summed E-state index contributed by atoms with van der Waals surface area (Å²) < 4.78 is 29.2. The van der Waals surface area contributed by atoms with Gasteiger partial charge in [-0.05, 0) is 87.2 Å². The summed E-state index contributed by atoms with van der Waals surface area (Å²) in [5.41, 5.74) is 34.7. The van der Waals surface area contributed by atoms with Crippen LogP contribution in [-0.2, 0) is 56.0 Å². The summed E-state index contributed by atoms with van der Waals surface area (Å²) in [5.74, 6) is -10.4. The number of carbonyl (C=O) groups excluding carboxylic acids is 9. The Labute approximate surface area is 436 Å². The quantitative estimate of drug-likeness (QED) is 0.0331. The van der Waals surface area contributed by atoms with Crippen LogP contribution in [0.15, 0.2) is 58.6 Å². The number of benzene rings is 2. The number of aromatic amines is 1. The lowest BCUT2D eigenvalue weighted by Gasteiger charge is -2.28. The Morgan fingerprint density at radius 3 is 1.93 bits per heavy atom. The zero-order valence-corrected chi connectivity index (χ0v) is 42.1. The third kappa shape index (κ3) is 20.1. The molecule has 0 radical (unpaired) electrons. The Hall–Kier alpha value is -8.43. The number of guanidine groups is 2.